The molecule has 0 spiro atoms. The Hall–Kier alpha value is -0.940. The fourth-order valence-corrected chi connectivity index (χ4v) is 1.92. The average Bonchev–Trinajstić information content (AvgIpc) is 2.61. The number of nitrogens with zero attached hydrogens (tertiary/aromatic N) is 2. The van der Waals surface area contributed by atoms with Crippen molar-refractivity contribution in [2.75, 3.05) is 18.0 Å². The molecule has 15 heavy (non-hydrogen) atoms. The zero-order valence-electron chi connectivity index (χ0n) is 8.19. The standard InChI is InChI=1S/C10H12BrN3O/c11-8-1-2-9(13-5-8)14-6-7(4-12)3-10(14)15/h1-2,5,7H,3-4,6,12H2. The highest BCUT2D eigenvalue weighted by Gasteiger charge is 2.30. The molecule has 1 aromatic heterocycles. The third-order valence-electron chi connectivity index (χ3n) is 2.53. The first kappa shape index (κ1) is 10.6. The normalized spacial score (nSPS) is 21.1. The molecule has 1 saturated heterocycles. The number of carbonyl (C=O) groups is 1. The van der Waals surface area contributed by atoms with Crippen molar-refractivity contribution in [3.05, 3.63) is 22.8 Å². The van der Waals surface area contributed by atoms with Gasteiger partial charge in [0, 0.05) is 23.6 Å². The van der Waals surface area contributed by atoms with E-state index in [4.69, 9.17) is 5.73 Å². The van der Waals surface area contributed by atoms with Gasteiger partial charge in [0.15, 0.2) is 0 Å². The molecule has 1 aromatic rings. The molecule has 1 atom stereocenters. The van der Waals surface area contributed by atoms with Gasteiger partial charge >= 0.3 is 0 Å². The van der Waals surface area contributed by atoms with Crippen LogP contribution in [0.2, 0.25) is 0 Å². The van der Waals surface area contributed by atoms with E-state index in [1.807, 2.05) is 12.1 Å². The second kappa shape index (κ2) is 4.28. The highest BCUT2D eigenvalue weighted by Crippen LogP contribution is 2.23. The molecule has 1 aliphatic rings. The van der Waals surface area contributed by atoms with Gasteiger partial charge in [-0.25, -0.2) is 4.98 Å². The van der Waals surface area contributed by atoms with E-state index in [0.29, 0.717) is 25.3 Å². The Bertz CT molecular complexity index is 365. The maximum atomic E-state index is 11.6. The lowest BCUT2D eigenvalue weighted by Crippen LogP contribution is -2.26. The number of hydrogen-bond acceptors (Lipinski definition) is 3. The van der Waals surface area contributed by atoms with Gasteiger partial charge in [-0.3, -0.25) is 9.69 Å². The SMILES string of the molecule is NCC1CC(=O)N(c2ccc(Br)cn2)C1. The third-order valence-corrected chi connectivity index (χ3v) is 3.00. The van der Waals surface area contributed by atoms with Crippen LogP contribution in [-0.4, -0.2) is 24.0 Å². The molecular weight excluding hydrogens is 258 g/mol. The van der Waals surface area contributed by atoms with Gasteiger partial charge in [0.1, 0.15) is 5.82 Å². The molecule has 5 heteroatoms. The molecule has 2 rings (SSSR count). The number of pyridine rings is 1. The number of nitrogens with two attached hydrogens (primary N) is 1. The lowest BCUT2D eigenvalue weighted by molar-refractivity contribution is -0.117. The number of carbonyl (C=O) groups excluding carboxylic acids is 1. The zero-order valence-corrected chi connectivity index (χ0v) is 9.77. The number of rotatable bonds is 2. The fraction of sp³-hybridized carbons (Fsp3) is 0.400. The van der Waals surface area contributed by atoms with Crippen LogP contribution in [-0.2, 0) is 4.79 Å². The van der Waals surface area contributed by atoms with E-state index in [9.17, 15) is 4.79 Å². The molecule has 0 saturated carbocycles. The molecule has 0 aliphatic carbocycles. The van der Waals surface area contributed by atoms with Crippen molar-refractivity contribution in [1.82, 2.24) is 4.98 Å². The summed E-state index contributed by atoms with van der Waals surface area (Å²) in [5.74, 6) is 1.09. The number of amides is 1. The minimum absolute atomic E-state index is 0.111. The lowest BCUT2D eigenvalue weighted by Gasteiger charge is -2.14. The molecule has 1 unspecified atom stereocenters. The van der Waals surface area contributed by atoms with Crippen molar-refractivity contribution in [2.24, 2.45) is 11.7 Å². The number of anilines is 1. The van der Waals surface area contributed by atoms with Crippen LogP contribution in [0.25, 0.3) is 0 Å². The molecule has 2 heterocycles. The predicted octanol–water partition coefficient (Wildman–Crippen LogP) is 1.16. The first-order valence-electron chi connectivity index (χ1n) is 4.82. The van der Waals surface area contributed by atoms with Crippen molar-refractivity contribution in [3.63, 3.8) is 0 Å². The summed E-state index contributed by atoms with van der Waals surface area (Å²) in [6.45, 7) is 1.24. The molecule has 1 aliphatic heterocycles. The van der Waals surface area contributed by atoms with Gasteiger partial charge in [0.25, 0.3) is 0 Å². The maximum absolute atomic E-state index is 11.6. The Morgan fingerprint density at radius 2 is 2.40 bits per heavy atom. The van der Waals surface area contributed by atoms with E-state index in [2.05, 4.69) is 20.9 Å². The summed E-state index contributed by atoms with van der Waals surface area (Å²) in [6.07, 6.45) is 2.23. The van der Waals surface area contributed by atoms with E-state index in [0.717, 1.165) is 4.47 Å². The van der Waals surface area contributed by atoms with Crippen molar-refractivity contribution < 1.29 is 4.79 Å². The van der Waals surface area contributed by atoms with Gasteiger partial charge < -0.3 is 5.73 Å². The Labute approximate surface area is 96.6 Å². The van der Waals surface area contributed by atoms with E-state index in [1.165, 1.54) is 0 Å². The quantitative estimate of drug-likeness (QED) is 0.877. The Morgan fingerprint density at radius 3 is 2.93 bits per heavy atom. The van der Waals surface area contributed by atoms with Crippen molar-refractivity contribution in [2.45, 2.75) is 6.42 Å². The molecule has 0 aromatic carbocycles. The first-order chi connectivity index (χ1) is 7.20. The topological polar surface area (TPSA) is 59.2 Å². The van der Waals surface area contributed by atoms with E-state index >= 15 is 0 Å². The number of aromatic nitrogens is 1. The van der Waals surface area contributed by atoms with Gasteiger partial charge in [-0.15, -0.1) is 0 Å². The minimum Gasteiger partial charge on any atom is -0.330 e. The van der Waals surface area contributed by atoms with Crippen LogP contribution < -0.4 is 10.6 Å². The van der Waals surface area contributed by atoms with Gasteiger partial charge in [0.2, 0.25) is 5.91 Å². The Balaban J connectivity index is 2.18. The first-order valence-corrected chi connectivity index (χ1v) is 5.62. The summed E-state index contributed by atoms with van der Waals surface area (Å²) in [5, 5.41) is 0. The highest BCUT2D eigenvalue weighted by atomic mass is 79.9. The largest absolute Gasteiger partial charge is 0.330 e. The summed E-state index contributed by atoms with van der Waals surface area (Å²) >= 11 is 3.31. The summed E-state index contributed by atoms with van der Waals surface area (Å²) in [6, 6.07) is 3.71. The Kier molecular flexibility index (Phi) is 3.02. The second-order valence-corrected chi connectivity index (χ2v) is 4.56. The van der Waals surface area contributed by atoms with Crippen LogP contribution in [0.15, 0.2) is 22.8 Å². The fourth-order valence-electron chi connectivity index (χ4n) is 1.69. The van der Waals surface area contributed by atoms with E-state index in [1.54, 1.807) is 11.1 Å². The Morgan fingerprint density at radius 1 is 1.60 bits per heavy atom. The average molecular weight is 270 g/mol. The highest BCUT2D eigenvalue weighted by molar-refractivity contribution is 9.10. The molecule has 80 valence electrons. The summed E-state index contributed by atoms with van der Waals surface area (Å²) in [4.78, 5) is 17.5. The van der Waals surface area contributed by atoms with Crippen molar-refractivity contribution in [1.29, 1.82) is 0 Å². The third kappa shape index (κ3) is 2.18. The molecule has 1 amide bonds. The van der Waals surface area contributed by atoms with E-state index in [-0.39, 0.29) is 11.8 Å². The lowest BCUT2D eigenvalue weighted by atomic mass is 10.1. The van der Waals surface area contributed by atoms with Crippen LogP contribution in [0.1, 0.15) is 6.42 Å². The van der Waals surface area contributed by atoms with Gasteiger partial charge in [-0.2, -0.15) is 0 Å². The molecule has 0 bridgehead atoms. The van der Waals surface area contributed by atoms with Gasteiger partial charge in [0.05, 0.1) is 0 Å². The number of hydrogen-bond donors (Lipinski definition) is 1. The molecule has 1 fully saturated rings. The smallest absolute Gasteiger partial charge is 0.228 e. The van der Waals surface area contributed by atoms with Gasteiger partial charge in [-0.05, 0) is 40.5 Å². The number of halogens is 1. The predicted molar refractivity (Wildman–Crippen MR) is 61.5 cm³/mol. The summed E-state index contributed by atoms with van der Waals surface area (Å²) in [7, 11) is 0. The summed E-state index contributed by atoms with van der Waals surface area (Å²) < 4.78 is 0.910. The summed E-state index contributed by atoms with van der Waals surface area (Å²) in [5.41, 5.74) is 5.55. The maximum Gasteiger partial charge on any atom is 0.228 e. The monoisotopic (exact) mass is 269 g/mol. The van der Waals surface area contributed by atoms with Gasteiger partial charge in [-0.1, -0.05) is 0 Å². The van der Waals surface area contributed by atoms with E-state index < -0.39 is 0 Å². The molecular formula is C10H12BrN3O. The van der Waals surface area contributed by atoms with Crippen LogP contribution in [0.4, 0.5) is 5.82 Å². The molecule has 4 nitrogen and oxygen atoms in total. The zero-order chi connectivity index (χ0) is 10.8. The molecule has 0 radical (unpaired) electrons. The van der Waals surface area contributed by atoms with Crippen LogP contribution in [0.5, 0.6) is 0 Å². The second-order valence-electron chi connectivity index (χ2n) is 3.64. The van der Waals surface area contributed by atoms with Crippen molar-refractivity contribution in [3.8, 4) is 0 Å². The van der Waals surface area contributed by atoms with Crippen LogP contribution in [0.3, 0.4) is 0 Å². The van der Waals surface area contributed by atoms with Crippen LogP contribution in [0, 0.1) is 5.92 Å². The minimum atomic E-state index is 0.111. The van der Waals surface area contributed by atoms with Crippen molar-refractivity contribution >= 4 is 27.7 Å². The molecule has 2 N–H and O–H groups in total. The van der Waals surface area contributed by atoms with Crippen LogP contribution >= 0.6 is 15.9 Å².